The Hall–Kier alpha value is -3.37. The number of benzene rings is 3. The Morgan fingerprint density at radius 2 is 1.52 bits per heavy atom. The molecule has 0 saturated carbocycles. The van der Waals surface area contributed by atoms with Crippen molar-refractivity contribution in [3.05, 3.63) is 99.2 Å². The van der Waals surface area contributed by atoms with Gasteiger partial charge in [0.1, 0.15) is 5.70 Å². The molecular formula is C28H27ClN2O2. The minimum absolute atomic E-state index is 0.255. The van der Waals surface area contributed by atoms with Crippen molar-refractivity contribution in [1.82, 2.24) is 0 Å². The molecule has 0 radical (unpaired) electrons. The number of imide groups is 1. The summed E-state index contributed by atoms with van der Waals surface area (Å²) in [6.45, 7) is 10.1. The highest BCUT2D eigenvalue weighted by molar-refractivity contribution is 6.46. The molecule has 2 amide bonds. The van der Waals surface area contributed by atoms with E-state index >= 15 is 0 Å². The van der Waals surface area contributed by atoms with Crippen LogP contribution in [0.3, 0.4) is 0 Å². The fraction of sp³-hybridized carbons (Fsp3) is 0.214. The van der Waals surface area contributed by atoms with Crippen LogP contribution in [0, 0.1) is 20.8 Å². The lowest BCUT2D eigenvalue weighted by Gasteiger charge is -2.17. The summed E-state index contributed by atoms with van der Waals surface area (Å²) in [7, 11) is 0. The zero-order valence-corrected chi connectivity index (χ0v) is 20.2. The molecule has 1 heterocycles. The van der Waals surface area contributed by atoms with Gasteiger partial charge in [0.15, 0.2) is 0 Å². The quantitative estimate of drug-likeness (QED) is 0.428. The lowest BCUT2D eigenvalue weighted by Crippen LogP contribution is -2.32. The van der Waals surface area contributed by atoms with Crippen LogP contribution < -0.4 is 10.2 Å². The molecule has 4 nitrogen and oxygen atoms in total. The van der Waals surface area contributed by atoms with E-state index in [2.05, 4.69) is 19.2 Å². The first-order chi connectivity index (χ1) is 15.7. The van der Waals surface area contributed by atoms with Crippen LogP contribution in [0.1, 0.15) is 47.6 Å². The third kappa shape index (κ3) is 4.31. The van der Waals surface area contributed by atoms with Gasteiger partial charge in [0.25, 0.3) is 11.8 Å². The summed E-state index contributed by atoms with van der Waals surface area (Å²) in [5, 5.41) is 3.78. The van der Waals surface area contributed by atoms with Crippen molar-refractivity contribution in [3.63, 3.8) is 0 Å². The number of amides is 2. The van der Waals surface area contributed by atoms with E-state index in [0.29, 0.717) is 27.9 Å². The Labute approximate surface area is 199 Å². The summed E-state index contributed by atoms with van der Waals surface area (Å²) in [6.07, 6.45) is 0. The lowest BCUT2D eigenvalue weighted by molar-refractivity contribution is -0.120. The maximum absolute atomic E-state index is 13.7. The van der Waals surface area contributed by atoms with Gasteiger partial charge in [-0.3, -0.25) is 9.59 Å². The predicted octanol–water partition coefficient (Wildman–Crippen LogP) is 6.79. The average Bonchev–Trinajstić information content (AvgIpc) is 3.00. The summed E-state index contributed by atoms with van der Waals surface area (Å²) < 4.78 is 0. The van der Waals surface area contributed by atoms with Gasteiger partial charge in [-0.1, -0.05) is 67.4 Å². The van der Waals surface area contributed by atoms with Crippen LogP contribution in [0.4, 0.5) is 11.4 Å². The van der Waals surface area contributed by atoms with Crippen LogP contribution >= 0.6 is 11.6 Å². The van der Waals surface area contributed by atoms with Gasteiger partial charge in [0.2, 0.25) is 0 Å². The van der Waals surface area contributed by atoms with Crippen LogP contribution in [0.5, 0.6) is 0 Å². The highest BCUT2D eigenvalue weighted by atomic mass is 35.5. The average molecular weight is 459 g/mol. The first-order valence-corrected chi connectivity index (χ1v) is 11.4. The molecule has 0 atom stereocenters. The van der Waals surface area contributed by atoms with Crippen LogP contribution in [0.15, 0.2) is 66.4 Å². The molecule has 3 aromatic carbocycles. The van der Waals surface area contributed by atoms with Crippen molar-refractivity contribution in [1.29, 1.82) is 0 Å². The minimum atomic E-state index is -0.383. The van der Waals surface area contributed by atoms with E-state index in [-0.39, 0.29) is 17.5 Å². The monoisotopic (exact) mass is 458 g/mol. The maximum atomic E-state index is 13.7. The summed E-state index contributed by atoms with van der Waals surface area (Å²) >= 11 is 6.21. The molecule has 3 aromatic rings. The summed E-state index contributed by atoms with van der Waals surface area (Å²) in [4.78, 5) is 28.6. The molecular weight excluding hydrogens is 432 g/mol. The van der Waals surface area contributed by atoms with E-state index in [1.807, 2.05) is 69.3 Å². The molecule has 33 heavy (non-hydrogen) atoms. The van der Waals surface area contributed by atoms with Crippen molar-refractivity contribution >= 4 is 40.4 Å². The molecule has 5 heteroatoms. The predicted molar refractivity (Wildman–Crippen MR) is 136 cm³/mol. The van der Waals surface area contributed by atoms with Gasteiger partial charge >= 0.3 is 0 Å². The molecule has 0 spiro atoms. The van der Waals surface area contributed by atoms with Crippen LogP contribution in [-0.4, -0.2) is 11.8 Å². The smallest absolute Gasteiger partial charge is 0.282 e. The Morgan fingerprint density at radius 3 is 2.15 bits per heavy atom. The SMILES string of the molecule is Cc1ccc(C2=C(Nc3cc(Cl)ccc3C)C(=O)N(c3ccc(C(C)C)cc3)C2=O)c(C)c1. The van der Waals surface area contributed by atoms with Crippen molar-refractivity contribution < 1.29 is 9.59 Å². The van der Waals surface area contributed by atoms with Crippen LogP contribution in [0.25, 0.3) is 5.57 Å². The maximum Gasteiger partial charge on any atom is 0.282 e. The van der Waals surface area contributed by atoms with E-state index < -0.39 is 0 Å². The first-order valence-electron chi connectivity index (χ1n) is 11.0. The fourth-order valence-electron chi connectivity index (χ4n) is 4.10. The minimum Gasteiger partial charge on any atom is -0.350 e. The van der Waals surface area contributed by atoms with E-state index in [4.69, 9.17) is 11.6 Å². The number of aryl methyl sites for hydroxylation is 3. The van der Waals surface area contributed by atoms with Gasteiger partial charge in [-0.05, 0) is 73.2 Å². The molecule has 4 rings (SSSR count). The zero-order chi connectivity index (χ0) is 23.9. The zero-order valence-electron chi connectivity index (χ0n) is 19.5. The number of anilines is 2. The van der Waals surface area contributed by atoms with Crippen LogP contribution in [-0.2, 0) is 9.59 Å². The summed E-state index contributed by atoms with van der Waals surface area (Å²) in [5.74, 6) is -0.367. The number of nitrogens with zero attached hydrogens (tertiary/aromatic N) is 1. The Morgan fingerprint density at radius 1 is 0.818 bits per heavy atom. The number of halogens is 1. The molecule has 0 unspecified atom stereocenters. The Bertz CT molecular complexity index is 1290. The number of hydrogen-bond donors (Lipinski definition) is 1. The summed E-state index contributed by atoms with van der Waals surface area (Å²) in [6, 6.07) is 18.9. The lowest BCUT2D eigenvalue weighted by atomic mass is 9.97. The van der Waals surface area contributed by atoms with Gasteiger partial charge < -0.3 is 5.32 Å². The van der Waals surface area contributed by atoms with E-state index in [1.165, 1.54) is 4.90 Å². The fourth-order valence-corrected chi connectivity index (χ4v) is 4.27. The van der Waals surface area contributed by atoms with Gasteiger partial charge in [0.05, 0.1) is 11.3 Å². The number of carbonyl (C=O) groups excluding carboxylic acids is 2. The molecule has 168 valence electrons. The van der Waals surface area contributed by atoms with Crippen molar-refractivity contribution in [2.45, 2.75) is 40.5 Å². The molecule has 0 fully saturated rings. The molecule has 0 aliphatic carbocycles. The molecule has 1 aliphatic heterocycles. The second-order valence-corrected chi connectivity index (χ2v) is 9.28. The topological polar surface area (TPSA) is 49.4 Å². The number of hydrogen-bond acceptors (Lipinski definition) is 3. The molecule has 1 N–H and O–H groups in total. The Kier molecular flexibility index (Phi) is 6.13. The number of nitrogens with one attached hydrogen (secondary N) is 1. The first kappa shape index (κ1) is 22.8. The van der Waals surface area contributed by atoms with Crippen LogP contribution in [0.2, 0.25) is 5.02 Å². The van der Waals surface area contributed by atoms with Crippen molar-refractivity contribution in [3.8, 4) is 0 Å². The van der Waals surface area contributed by atoms with Gasteiger partial charge in [-0.15, -0.1) is 0 Å². The second kappa shape index (κ2) is 8.87. The normalized spacial score (nSPS) is 14.0. The van der Waals surface area contributed by atoms with E-state index in [1.54, 1.807) is 12.1 Å². The second-order valence-electron chi connectivity index (χ2n) is 8.84. The molecule has 1 aliphatic rings. The van der Waals surface area contributed by atoms with Gasteiger partial charge in [-0.2, -0.15) is 0 Å². The van der Waals surface area contributed by atoms with E-state index in [0.717, 1.165) is 27.8 Å². The van der Waals surface area contributed by atoms with Crippen molar-refractivity contribution in [2.75, 3.05) is 10.2 Å². The molecule has 0 aromatic heterocycles. The number of rotatable bonds is 5. The standard InChI is InChI=1S/C28H27ClN2O2/c1-16(2)20-8-11-22(12-9-20)31-27(32)25(23-13-6-17(3)14-19(23)5)26(28(31)33)30-24-15-21(29)10-7-18(24)4/h6-16,30H,1-5H3. The Balaban J connectivity index is 1.85. The van der Waals surface area contributed by atoms with E-state index in [9.17, 15) is 9.59 Å². The third-order valence-corrected chi connectivity index (χ3v) is 6.25. The highest BCUT2D eigenvalue weighted by Crippen LogP contribution is 2.36. The third-order valence-electron chi connectivity index (χ3n) is 6.01. The largest absolute Gasteiger partial charge is 0.350 e. The molecule has 0 saturated heterocycles. The van der Waals surface area contributed by atoms with Crippen molar-refractivity contribution in [2.24, 2.45) is 0 Å². The highest BCUT2D eigenvalue weighted by Gasteiger charge is 2.40. The van der Waals surface area contributed by atoms with Gasteiger partial charge in [0, 0.05) is 10.7 Å². The molecule has 0 bridgehead atoms. The number of carbonyl (C=O) groups is 2. The summed E-state index contributed by atoms with van der Waals surface area (Å²) in [5.41, 5.74) is 6.70. The van der Waals surface area contributed by atoms with Gasteiger partial charge in [-0.25, -0.2) is 4.90 Å².